The summed E-state index contributed by atoms with van der Waals surface area (Å²) in [5.41, 5.74) is 5.71. The molecule has 15 heavy (non-hydrogen) atoms. The predicted octanol–water partition coefficient (Wildman–Crippen LogP) is 1.99. The van der Waals surface area contributed by atoms with Crippen LogP contribution >= 0.6 is 0 Å². The van der Waals surface area contributed by atoms with Crippen molar-refractivity contribution in [2.24, 2.45) is 5.73 Å². The Balaban J connectivity index is 2.83. The number of alkyl halides is 2. The second kappa shape index (κ2) is 5.99. The van der Waals surface area contributed by atoms with E-state index in [0.29, 0.717) is 18.5 Å². The fourth-order valence-electron chi connectivity index (χ4n) is 0.999. The second-order valence-electron chi connectivity index (χ2n) is 2.72. The Morgan fingerprint density at radius 1 is 1.33 bits per heavy atom. The molecule has 0 bridgehead atoms. The fourth-order valence-corrected chi connectivity index (χ4v) is 0.999. The Morgan fingerprint density at radius 3 is 2.73 bits per heavy atom. The summed E-state index contributed by atoms with van der Waals surface area (Å²) in [6.07, 6.45) is 0.531. The largest absolute Gasteiger partial charge is 0.434 e. The van der Waals surface area contributed by atoms with E-state index >= 15 is 0 Å². The Kier molecular flexibility index (Phi) is 4.58. The first-order valence-corrected chi connectivity index (χ1v) is 4.47. The summed E-state index contributed by atoms with van der Waals surface area (Å²) in [6, 6.07) is 6.41. The van der Waals surface area contributed by atoms with Gasteiger partial charge < -0.3 is 10.5 Å². The van der Waals surface area contributed by atoms with Gasteiger partial charge in [0, 0.05) is 13.0 Å². The number of para-hydroxylation sites is 1. The van der Waals surface area contributed by atoms with Crippen LogP contribution in [0.3, 0.4) is 0 Å². The fraction of sp³-hybridized carbons (Fsp3) is 0.273. The highest BCUT2D eigenvalue weighted by Crippen LogP contribution is 2.18. The van der Waals surface area contributed by atoms with Gasteiger partial charge in [-0.15, -0.1) is 0 Å². The smallest absolute Gasteiger partial charge is 0.387 e. The zero-order valence-corrected chi connectivity index (χ0v) is 8.04. The van der Waals surface area contributed by atoms with Crippen molar-refractivity contribution in [3.05, 3.63) is 29.8 Å². The van der Waals surface area contributed by atoms with E-state index < -0.39 is 6.61 Å². The van der Waals surface area contributed by atoms with Gasteiger partial charge in [0.25, 0.3) is 0 Å². The van der Waals surface area contributed by atoms with E-state index in [1.54, 1.807) is 18.2 Å². The SMILES string of the molecule is NCCC#Cc1ccccc1OC(F)F. The van der Waals surface area contributed by atoms with Crippen LogP contribution in [0.1, 0.15) is 12.0 Å². The van der Waals surface area contributed by atoms with E-state index in [4.69, 9.17) is 5.73 Å². The third-order valence-electron chi connectivity index (χ3n) is 1.60. The van der Waals surface area contributed by atoms with Crippen molar-refractivity contribution >= 4 is 0 Å². The molecular weight excluding hydrogens is 200 g/mol. The predicted molar refractivity (Wildman–Crippen MR) is 53.6 cm³/mol. The van der Waals surface area contributed by atoms with Crippen LogP contribution in [-0.2, 0) is 0 Å². The Labute approximate surface area is 87.0 Å². The topological polar surface area (TPSA) is 35.2 Å². The Hall–Kier alpha value is -1.60. The van der Waals surface area contributed by atoms with Crippen molar-refractivity contribution in [1.29, 1.82) is 0 Å². The summed E-state index contributed by atoms with van der Waals surface area (Å²) in [5.74, 6) is 5.59. The maximum atomic E-state index is 12.0. The molecule has 0 saturated heterocycles. The number of hydrogen-bond acceptors (Lipinski definition) is 2. The lowest BCUT2D eigenvalue weighted by Gasteiger charge is -2.05. The molecule has 1 aromatic carbocycles. The van der Waals surface area contributed by atoms with Crippen LogP contribution < -0.4 is 10.5 Å². The zero-order valence-electron chi connectivity index (χ0n) is 8.04. The van der Waals surface area contributed by atoms with Gasteiger partial charge in [-0.25, -0.2) is 0 Å². The molecule has 1 rings (SSSR count). The van der Waals surface area contributed by atoms with Crippen LogP contribution in [0, 0.1) is 11.8 Å². The van der Waals surface area contributed by atoms with Crippen molar-refractivity contribution in [1.82, 2.24) is 0 Å². The summed E-state index contributed by atoms with van der Waals surface area (Å²) >= 11 is 0. The molecule has 0 radical (unpaired) electrons. The highest BCUT2D eigenvalue weighted by Gasteiger charge is 2.06. The zero-order chi connectivity index (χ0) is 11.1. The molecule has 2 nitrogen and oxygen atoms in total. The van der Waals surface area contributed by atoms with Crippen molar-refractivity contribution in [3.63, 3.8) is 0 Å². The molecule has 0 aromatic heterocycles. The molecule has 0 spiro atoms. The van der Waals surface area contributed by atoms with Crippen LogP contribution in [-0.4, -0.2) is 13.2 Å². The summed E-state index contributed by atoms with van der Waals surface area (Å²) in [6.45, 7) is -2.38. The first-order valence-electron chi connectivity index (χ1n) is 4.47. The van der Waals surface area contributed by atoms with E-state index in [9.17, 15) is 8.78 Å². The number of halogens is 2. The minimum Gasteiger partial charge on any atom is -0.434 e. The van der Waals surface area contributed by atoms with E-state index in [0.717, 1.165) is 0 Å². The lowest BCUT2D eigenvalue weighted by Crippen LogP contribution is -2.03. The Bertz CT molecular complexity index is 368. The molecular formula is C11H11F2NO. The minimum atomic E-state index is -2.83. The molecule has 0 atom stereocenters. The van der Waals surface area contributed by atoms with E-state index in [1.165, 1.54) is 6.07 Å². The molecule has 0 amide bonds. The molecule has 0 aliphatic carbocycles. The lowest BCUT2D eigenvalue weighted by molar-refractivity contribution is -0.0500. The van der Waals surface area contributed by atoms with E-state index in [-0.39, 0.29) is 5.75 Å². The second-order valence-corrected chi connectivity index (χ2v) is 2.72. The lowest BCUT2D eigenvalue weighted by atomic mass is 10.2. The quantitative estimate of drug-likeness (QED) is 0.776. The van der Waals surface area contributed by atoms with Gasteiger partial charge in [-0.3, -0.25) is 0 Å². The van der Waals surface area contributed by atoms with Crippen molar-refractivity contribution < 1.29 is 13.5 Å². The maximum Gasteiger partial charge on any atom is 0.387 e. The summed E-state index contributed by atoms with van der Waals surface area (Å²) in [7, 11) is 0. The molecule has 0 saturated carbocycles. The van der Waals surface area contributed by atoms with Gasteiger partial charge in [-0.05, 0) is 12.1 Å². The number of nitrogens with two attached hydrogens (primary N) is 1. The molecule has 1 aromatic rings. The van der Waals surface area contributed by atoms with Crippen LogP contribution in [0.25, 0.3) is 0 Å². The average Bonchev–Trinajstić information content (AvgIpc) is 2.20. The number of hydrogen-bond donors (Lipinski definition) is 1. The van der Waals surface area contributed by atoms with Gasteiger partial charge in [0.05, 0.1) is 5.56 Å². The third-order valence-corrected chi connectivity index (χ3v) is 1.60. The first kappa shape index (κ1) is 11.5. The van der Waals surface area contributed by atoms with Gasteiger partial charge in [-0.1, -0.05) is 24.0 Å². The maximum absolute atomic E-state index is 12.0. The monoisotopic (exact) mass is 211 g/mol. The van der Waals surface area contributed by atoms with Gasteiger partial charge in [0.1, 0.15) is 5.75 Å². The Morgan fingerprint density at radius 2 is 2.07 bits per heavy atom. The molecule has 0 heterocycles. The van der Waals surface area contributed by atoms with Crippen LogP contribution in [0.4, 0.5) is 8.78 Å². The average molecular weight is 211 g/mol. The summed E-state index contributed by atoms with van der Waals surface area (Å²) in [5, 5.41) is 0. The molecule has 0 aliphatic heterocycles. The van der Waals surface area contributed by atoms with Crippen LogP contribution in [0.2, 0.25) is 0 Å². The van der Waals surface area contributed by atoms with Crippen molar-refractivity contribution in [2.45, 2.75) is 13.0 Å². The third kappa shape index (κ3) is 3.96. The molecule has 2 N–H and O–H groups in total. The van der Waals surface area contributed by atoms with Gasteiger partial charge in [0.15, 0.2) is 0 Å². The highest BCUT2D eigenvalue weighted by molar-refractivity contribution is 5.45. The summed E-state index contributed by atoms with van der Waals surface area (Å²) < 4.78 is 28.3. The van der Waals surface area contributed by atoms with Crippen LogP contribution in [0.15, 0.2) is 24.3 Å². The van der Waals surface area contributed by atoms with Crippen LogP contribution in [0.5, 0.6) is 5.75 Å². The van der Waals surface area contributed by atoms with E-state index in [1.807, 2.05) is 0 Å². The molecule has 0 fully saturated rings. The number of rotatable bonds is 3. The van der Waals surface area contributed by atoms with Gasteiger partial charge in [0.2, 0.25) is 0 Å². The van der Waals surface area contributed by atoms with Gasteiger partial charge in [-0.2, -0.15) is 8.78 Å². The van der Waals surface area contributed by atoms with Crippen molar-refractivity contribution in [2.75, 3.05) is 6.54 Å². The minimum absolute atomic E-state index is 0.0945. The molecule has 80 valence electrons. The summed E-state index contributed by atoms with van der Waals surface area (Å²) in [4.78, 5) is 0. The molecule has 0 aliphatic rings. The normalized spacial score (nSPS) is 9.60. The van der Waals surface area contributed by atoms with Gasteiger partial charge >= 0.3 is 6.61 Å². The van der Waals surface area contributed by atoms with E-state index in [2.05, 4.69) is 16.6 Å². The molecule has 0 unspecified atom stereocenters. The highest BCUT2D eigenvalue weighted by atomic mass is 19.3. The first-order chi connectivity index (χ1) is 7.24. The standard InChI is InChI=1S/C11H11F2NO/c12-11(13)15-10-7-2-1-5-9(10)6-3-4-8-14/h1-2,5,7,11H,4,8,14H2. The molecule has 4 heteroatoms. The number of benzene rings is 1. The van der Waals surface area contributed by atoms with Crippen molar-refractivity contribution in [3.8, 4) is 17.6 Å². The number of ether oxygens (including phenoxy) is 1.